The first-order chi connectivity index (χ1) is 15.0. The molecule has 0 atom stereocenters. The van der Waals surface area contributed by atoms with E-state index in [2.05, 4.69) is 5.32 Å². The van der Waals surface area contributed by atoms with Crippen LogP contribution >= 0.6 is 0 Å². The largest absolute Gasteiger partial charge is 0.493 e. The number of nitrogens with one attached hydrogen (secondary N) is 1. The number of ether oxygens (including phenoxy) is 1. The van der Waals surface area contributed by atoms with Crippen molar-refractivity contribution in [3.05, 3.63) is 65.0 Å². The van der Waals surface area contributed by atoms with Crippen LogP contribution in [-0.2, 0) is 29.1 Å². The third-order valence-electron chi connectivity index (χ3n) is 5.21. The van der Waals surface area contributed by atoms with Gasteiger partial charge in [-0.15, -0.1) is 0 Å². The molecule has 0 bridgehead atoms. The van der Waals surface area contributed by atoms with Crippen LogP contribution in [-0.4, -0.2) is 41.6 Å². The molecule has 31 heavy (non-hydrogen) atoms. The number of amides is 1. The lowest BCUT2D eigenvalue weighted by molar-refractivity contribution is -0.137. The second kappa shape index (κ2) is 11.5. The molecule has 0 fully saturated rings. The van der Waals surface area contributed by atoms with Gasteiger partial charge >= 0.3 is 5.97 Å². The number of carboxylic acids is 1. The summed E-state index contributed by atoms with van der Waals surface area (Å²) in [6, 6.07) is 12.1. The molecule has 0 radical (unpaired) electrons. The highest BCUT2D eigenvalue weighted by molar-refractivity contribution is 5.78. The van der Waals surface area contributed by atoms with Gasteiger partial charge in [-0.3, -0.25) is 14.5 Å². The Hall–Kier alpha value is -2.93. The summed E-state index contributed by atoms with van der Waals surface area (Å²) in [4.78, 5) is 25.4. The molecule has 0 unspecified atom stereocenters. The number of carboxylic acid groups (broad SMARTS) is 1. The zero-order chi connectivity index (χ0) is 22.1. The molecular weight excluding hydrogens is 399 g/mol. The van der Waals surface area contributed by atoms with Crippen LogP contribution in [0.4, 0.5) is 4.39 Å². The Bertz CT molecular complexity index is 903. The number of nitrogens with zero attached hydrogens (tertiary/aromatic N) is 1. The highest BCUT2D eigenvalue weighted by Crippen LogP contribution is 2.24. The molecular formula is C24H29FN2O4. The van der Waals surface area contributed by atoms with Crippen LogP contribution in [0.25, 0.3) is 0 Å². The maximum Gasteiger partial charge on any atom is 0.303 e. The van der Waals surface area contributed by atoms with E-state index in [-0.39, 0.29) is 24.7 Å². The van der Waals surface area contributed by atoms with Crippen molar-refractivity contribution in [2.24, 2.45) is 0 Å². The average Bonchev–Trinajstić information content (AvgIpc) is 2.73. The molecule has 0 saturated heterocycles. The van der Waals surface area contributed by atoms with Crippen molar-refractivity contribution in [3.63, 3.8) is 0 Å². The molecule has 1 heterocycles. The summed E-state index contributed by atoms with van der Waals surface area (Å²) in [5.41, 5.74) is 2.58. The van der Waals surface area contributed by atoms with Crippen molar-refractivity contribution in [2.45, 2.75) is 45.2 Å². The van der Waals surface area contributed by atoms with Crippen molar-refractivity contribution in [3.8, 4) is 5.75 Å². The smallest absolute Gasteiger partial charge is 0.303 e. The van der Waals surface area contributed by atoms with Gasteiger partial charge in [0.15, 0.2) is 0 Å². The minimum Gasteiger partial charge on any atom is -0.493 e. The van der Waals surface area contributed by atoms with Gasteiger partial charge in [0, 0.05) is 31.6 Å². The first-order valence-corrected chi connectivity index (χ1v) is 10.7. The fraction of sp³-hybridized carbons (Fsp3) is 0.417. The molecule has 2 aromatic carbocycles. The molecule has 1 amide bonds. The average molecular weight is 429 g/mol. The van der Waals surface area contributed by atoms with Crippen LogP contribution in [0.1, 0.15) is 42.4 Å². The van der Waals surface area contributed by atoms with E-state index in [1.165, 1.54) is 12.1 Å². The van der Waals surface area contributed by atoms with Gasteiger partial charge in [-0.2, -0.15) is 0 Å². The van der Waals surface area contributed by atoms with E-state index in [0.717, 1.165) is 41.7 Å². The Labute approximate surface area is 182 Å². The van der Waals surface area contributed by atoms with E-state index in [1.54, 1.807) is 6.07 Å². The Morgan fingerprint density at radius 3 is 2.77 bits per heavy atom. The molecule has 7 heteroatoms. The second-order valence-corrected chi connectivity index (χ2v) is 7.87. The molecule has 6 nitrogen and oxygen atoms in total. The number of hydrogen-bond donors (Lipinski definition) is 2. The van der Waals surface area contributed by atoms with Crippen LogP contribution in [0.3, 0.4) is 0 Å². The highest BCUT2D eigenvalue weighted by Gasteiger charge is 2.16. The van der Waals surface area contributed by atoms with Gasteiger partial charge in [0.25, 0.3) is 0 Å². The number of fused-ring (bicyclic) bond motifs is 1. The summed E-state index contributed by atoms with van der Waals surface area (Å²) >= 11 is 0. The van der Waals surface area contributed by atoms with Crippen molar-refractivity contribution in [1.82, 2.24) is 10.2 Å². The van der Waals surface area contributed by atoms with Gasteiger partial charge in [0.2, 0.25) is 5.91 Å². The Kier molecular flexibility index (Phi) is 8.41. The first-order valence-electron chi connectivity index (χ1n) is 10.7. The second-order valence-electron chi connectivity index (χ2n) is 7.87. The third kappa shape index (κ3) is 7.68. The molecule has 0 aliphatic carbocycles. The molecule has 166 valence electrons. The highest BCUT2D eigenvalue weighted by atomic mass is 19.1. The fourth-order valence-electron chi connectivity index (χ4n) is 3.68. The standard InChI is InChI=1S/C24H29FN2O4/c25-21-6-4-5-19(14-21)15-27-16-20-13-18(8-10-24(29)30)7-9-22(20)31-12-3-1-2-11-26-23(28)17-27/h4-7,9,13-14H,1-3,8,10-12,15-17H2,(H,26,28)(H,29,30). The zero-order valence-electron chi connectivity index (χ0n) is 17.6. The third-order valence-corrected chi connectivity index (χ3v) is 5.21. The quantitative estimate of drug-likeness (QED) is 0.762. The first kappa shape index (κ1) is 22.7. The number of hydrogen-bond acceptors (Lipinski definition) is 4. The summed E-state index contributed by atoms with van der Waals surface area (Å²) in [5.74, 6) is -0.486. The maximum absolute atomic E-state index is 13.7. The Morgan fingerprint density at radius 2 is 1.97 bits per heavy atom. The van der Waals surface area contributed by atoms with Crippen molar-refractivity contribution in [2.75, 3.05) is 19.7 Å². The van der Waals surface area contributed by atoms with Gasteiger partial charge in [-0.05, 0) is 55.0 Å². The van der Waals surface area contributed by atoms with Crippen molar-refractivity contribution in [1.29, 1.82) is 0 Å². The number of aliphatic carboxylic acids is 1. The van der Waals surface area contributed by atoms with Gasteiger partial charge in [0.05, 0.1) is 13.2 Å². The fourth-order valence-corrected chi connectivity index (χ4v) is 3.68. The van der Waals surface area contributed by atoms with E-state index >= 15 is 0 Å². The monoisotopic (exact) mass is 428 g/mol. The van der Waals surface area contributed by atoms with E-state index < -0.39 is 5.97 Å². The number of halogens is 1. The Balaban J connectivity index is 1.86. The maximum atomic E-state index is 13.7. The topological polar surface area (TPSA) is 78.9 Å². The molecule has 2 N–H and O–H groups in total. The zero-order valence-corrected chi connectivity index (χ0v) is 17.6. The van der Waals surface area contributed by atoms with Gasteiger partial charge in [-0.1, -0.05) is 24.3 Å². The van der Waals surface area contributed by atoms with Gasteiger partial charge in [-0.25, -0.2) is 4.39 Å². The molecule has 1 aliphatic heterocycles. The molecule has 1 aliphatic rings. The van der Waals surface area contributed by atoms with Gasteiger partial charge < -0.3 is 15.2 Å². The molecule has 0 spiro atoms. The van der Waals surface area contributed by atoms with E-state index in [4.69, 9.17) is 9.84 Å². The lowest BCUT2D eigenvalue weighted by Gasteiger charge is -2.24. The predicted octanol–water partition coefficient (Wildman–Crippen LogP) is 3.52. The molecule has 0 aromatic heterocycles. The number of carbonyl (C=O) groups is 2. The van der Waals surface area contributed by atoms with Crippen LogP contribution in [0, 0.1) is 5.82 Å². The number of aryl methyl sites for hydroxylation is 1. The van der Waals surface area contributed by atoms with Crippen LogP contribution in [0.2, 0.25) is 0 Å². The number of benzene rings is 2. The van der Waals surface area contributed by atoms with Crippen molar-refractivity contribution >= 4 is 11.9 Å². The van der Waals surface area contributed by atoms with Gasteiger partial charge in [0.1, 0.15) is 11.6 Å². The molecule has 3 rings (SSSR count). The minimum atomic E-state index is -0.843. The lowest BCUT2D eigenvalue weighted by Crippen LogP contribution is -2.37. The van der Waals surface area contributed by atoms with Crippen LogP contribution in [0.15, 0.2) is 42.5 Å². The van der Waals surface area contributed by atoms with Crippen LogP contribution in [0.5, 0.6) is 5.75 Å². The lowest BCUT2D eigenvalue weighted by atomic mass is 10.0. The summed E-state index contributed by atoms with van der Waals surface area (Å²) in [5, 5.41) is 12.0. The summed E-state index contributed by atoms with van der Waals surface area (Å²) in [6.07, 6.45) is 3.21. The van der Waals surface area contributed by atoms with E-state index in [0.29, 0.717) is 32.7 Å². The van der Waals surface area contributed by atoms with E-state index in [1.807, 2.05) is 29.2 Å². The summed E-state index contributed by atoms with van der Waals surface area (Å²) < 4.78 is 19.7. The summed E-state index contributed by atoms with van der Waals surface area (Å²) in [6.45, 7) is 2.22. The van der Waals surface area contributed by atoms with E-state index in [9.17, 15) is 14.0 Å². The normalized spacial score (nSPS) is 16.1. The Morgan fingerprint density at radius 1 is 1.10 bits per heavy atom. The minimum absolute atomic E-state index is 0.0507. The number of rotatable bonds is 5. The summed E-state index contributed by atoms with van der Waals surface area (Å²) in [7, 11) is 0. The van der Waals surface area contributed by atoms with Crippen molar-refractivity contribution < 1.29 is 23.8 Å². The SMILES string of the molecule is O=C(O)CCc1ccc2c(c1)CN(Cc1cccc(F)c1)CC(=O)NCCCCCO2. The predicted molar refractivity (Wildman–Crippen MR) is 115 cm³/mol. The number of carbonyl (C=O) groups excluding carboxylic acids is 1. The molecule has 2 aromatic rings. The molecule has 0 saturated carbocycles. The van der Waals surface area contributed by atoms with Crippen LogP contribution < -0.4 is 10.1 Å².